The van der Waals surface area contributed by atoms with Crippen molar-refractivity contribution in [2.75, 3.05) is 24.7 Å². The highest BCUT2D eigenvalue weighted by Crippen LogP contribution is 2.38. The summed E-state index contributed by atoms with van der Waals surface area (Å²) in [5.74, 6) is -2.61. The molecule has 0 radical (unpaired) electrons. The van der Waals surface area contributed by atoms with E-state index in [1.54, 1.807) is 30.3 Å². The van der Waals surface area contributed by atoms with E-state index in [1.807, 2.05) is 0 Å². The number of ether oxygens (including phenoxy) is 2. The number of nitrogens with one attached hydrogen (secondary N) is 1. The Bertz CT molecular complexity index is 1210. The van der Waals surface area contributed by atoms with Crippen LogP contribution in [0.3, 0.4) is 0 Å². The number of benzene rings is 2. The maximum absolute atomic E-state index is 13.3. The molecule has 0 aliphatic heterocycles. The Morgan fingerprint density at radius 3 is 2.03 bits per heavy atom. The topological polar surface area (TPSA) is 102 Å². The van der Waals surface area contributed by atoms with Crippen LogP contribution in [0.2, 0.25) is 0 Å². The van der Waals surface area contributed by atoms with Gasteiger partial charge in [-0.05, 0) is 12.1 Å². The first kappa shape index (κ1) is 24.9. The Labute approximate surface area is 202 Å². The van der Waals surface area contributed by atoms with Gasteiger partial charge in [0, 0.05) is 23.7 Å². The molecule has 0 saturated heterocycles. The molecule has 0 aromatic heterocycles. The van der Waals surface area contributed by atoms with Crippen molar-refractivity contribution in [2.24, 2.45) is 0 Å². The fourth-order valence-electron chi connectivity index (χ4n) is 3.41. The van der Waals surface area contributed by atoms with Gasteiger partial charge in [-0.3, -0.25) is 24.1 Å². The summed E-state index contributed by atoms with van der Waals surface area (Å²) in [4.78, 5) is 52.6. The number of hydrogen-bond acceptors (Lipinski definition) is 6. The predicted octanol–water partition coefficient (Wildman–Crippen LogP) is 3.41. The highest BCUT2D eigenvalue weighted by molar-refractivity contribution is 6.42. The lowest BCUT2D eigenvalue weighted by Crippen LogP contribution is -2.44. The third kappa shape index (κ3) is 5.44. The third-order valence-corrected chi connectivity index (χ3v) is 4.90. The van der Waals surface area contributed by atoms with E-state index in [9.17, 15) is 19.2 Å². The average Bonchev–Trinajstić information content (AvgIpc) is 2.87. The van der Waals surface area contributed by atoms with Crippen LogP contribution in [0.15, 0.2) is 92.2 Å². The highest BCUT2D eigenvalue weighted by atomic mass is 16.5. The molecule has 2 aromatic rings. The molecule has 1 aliphatic carbocycles. The number of ketones is 2. The Morgan fingerprint density at radius 2 is 1.46 bits per heavy atom. The van der Waals surface area contributed by atoms with Gasteiger partial charge in [-0.15, -0.1) is 6.58 Å². The van der Waals surface area contributed by atoms with Gasteiger partial charge in [-0.25, -0.2) is 0 Å². The minimum atomic E-state index is -1.12. The van der Waals surface area contributed by atoms with Crippen LogP contribution in [-0.4, -0.2) is 43.1 Å². The van der Waals surface area contributed by atoms with Crippen LogP contribution in [0.25, 0.3) is 0 Å². The summed E-state index contributed by atoms with van der Waals surface area (Å²) in [7, 11) is 0. The number of rotatable bonds is 10. The molecule has 0 heterocycles. The molecule has 8 heteroatoms. The number of hydrogen-bond donors (Lipinski definition) is 1. The maximum Gasteiger partial charge on any atom is 0.317 e. The number of anilines is 1. The van der Waals surface area contributed by atoms with Crippen LogP contribution in [0.4, 0.5) is 5.69 Å². The zero-order valence-electron chi connectivity index (χ0n) is 19.0. The molecule has 2 aromatic carbocycles. The molecule has 8 nitrogen and oxygen atoms in total. The molecule has 35 heavy (non-hydrogen) atoms. The van der Waals surface area contributed by atoms with Gasteiger partial charge in [-0.2, -0.15) is 0 Å². The maximum atomic E-state index is 13.3. The highest BCUT2D eigenvalue weighted by Gasteiger charge is 2.32. The van der Waals surface area contributed by atoms with Gasteiger partial charge in [0.15, 0.2) is 5.78 Å². The summed E-state index contributed by atoms with van der Waals surface area (Å²) >= 11 is 0. The zero-order chi connectivity index (χ0) is 25.4. The Morgan fingerprint density at radius 1 is 0.857 bits per heavy atom. The zero-order valence-corrected chi connectivity index (χ0v) is 19.0. The number of carbonyl (C=O) groups excluding carboxylic acids is 4. The van der Waals surface area contributed by atoms with Gasteiger partial charge < -0.3 is 14.8 Å². The first-order valence-corrected chi connectivity index (χ1v) is 10.7. The summed E-state index contributed by atoms with van der Waals surface area (Å²) < 4.78 is 11.4. The molecule has 1 aliphatic rings. The van der Waals surface area contributed by atoms with Crippen LogP contribution >= 0.6 is 0 Å². The van der Waals surface area contributed by atoms with E-state index >= 15 is 0 Å². The normalized spacial score (nSPS) is 12.1. The van der Waals surface area contributed by atoms with Crippen molar-refractivity contribution in [3.63, 3.8) is 0 Å². The third-order valence-electron chi connectivity index (χ3n) is 4.90. The number of Topliss-reactive ketones (excluding diaryl/α,β-unsaturated/α-hetero) is 1. The van der Waals surface area contributed by atoms with Crippen molar-refractivity contribution in [3.05, 3.63) is 103 Å². The molecule has 0 bridgehead atoms. The van der Waals surface area contributed by atoms with Gasteiger partial charge in [0.25, 0.3) is 0 Å². The van der Waals surface area contributed by atoms with Crippen LogP contribution in [0.1, 0.15) is 20.7 Å². The number of carbonyl (C=O) groups is 4. The molecule has 178 valence electrons. The van der Waals surface area contributed by atoms with Gasteiger partial charge in [-0.1, -0.05) is 61.7 Å². The van der Waals surface area contributed by atoms with E-state index in [4.69, 9.17) is 9.47 Å². The van der Waals surface area contributed by atoms with Crippen molar-refractivity contribution in [3.8, 4) is 11.5 Å². The van der Waals surface area contributed by atoms with Crippen LogP contribution in [-0.2, 0) is 9.59 Å². The van der Waals surface area contributed by atoms with E-state index in [1.165, 1.54) is 30.4 Å². The van der Waals surface area contributed by atoms with Crippen LogP contribution in [0.5, 0.6) is 11.5 Å². The fraction of sp³-hybridized carbons (Fsp3) is 0.111. The second-order valence-electron chi connectivity index (χ2n) is 7.26. The number of amides is 2. The minimum absolute atomic E-state index is 0.0695. The quantitative estimate of drug-likeness (QED) is 0.420. The van der Waals surface area contributed by atoms with Gasteiger partial charge >= 0.3 is 11.8 Å². The second kappa shape index (κ2) is 11.4. The van der Waals surface area contributed by atoms with E-state index in [-0.39, 0.29) is 53.8 Å². The van der Waals surface area contributed by atoms with E-state index in [0.29, 0.717) is 0 Å². The van der Waals surface area contributed by atoms with Crippen LogP contribution < -0.4 is 19.7 Å². The van der Waals surface area contributed by atoms with Crippen molar-refractivity contribution in [1.82, 2.24) is 5.32 Å². The first-order valence-electron chi connectivity index (χ1n) is 10.7. The molecule has 0 fully saturated rings. The van der Waals surface area contributed by atoms with Gasteiger partial charge in [0.2, 0.25) is 5.78 Å². The summed E-state index contributed by atoms with van der Waals surface area (Å²) in [6.45, 7) is 11.1. The Balaban J connectivity index is 1.94. The first-order chi connectivity index (χ1) is 16.9. The SMILES string of the molecule is C=CCOc1cccc(OCC=C)c1N(CC=C)C(=O)C(=O)NC1=CC(=O)c2ccccc2C1=O. The second-order valence-corrected chi connectivity index (χ2v) is 7.26. The summed E-state index contributed by atoms with van der Waals surface area (Å²) in [6, 6.07) is 11.1. The predicted molar refractivity (Wildman–Crippen MR) is 132 cm³/mol. The number of nitrogens with zero attached hydrogens (tertiary/aromatic N) is 1. The molecule has 0 unspecified atom stereocenters. The molecular formula is C27H24N2O6. The largest absolute Gasteiger partial charge is 0.487 e. The lowest BCUT2D eigenvalue weighted by Gasteiger charge is -2.26. The van der Waals surface area contributed by atoms with Gasteiger partial charge in [0.1, 0.15) is 30.4 Å². The molecule has 0 atom stereocenters. The standard InChI is InChI=1S/C27H24N2O6/c1-4-14-29(24-22(34-15-5-2)12-9-13-23(24)35-16-6-3)27(33)26(32)28-20-17-21(30)18-10-7-8-11-19(18)25(20)31/h4-13,17H,1-3,14-16H2,(H,28,32). The smallest absolute Gasteiger partial charge is 0.317 e. The molecule has 3 rings (SSSR count). The van der Waals surface area contributed by atoms with Crippen molar-refractivity contribution in [2.45, 2.75) is 0 Å². The van der Waals surface area contributed by atoms with Crippen molar-refractivity contribution < 1.29 is 28.7 Å². The lowest BCUT2D eigenvalue weighted by atomic mass is 9.93. The van der Waals surface area contributed by atoms with Crippen molar-refractivity contribution >= 4 is 29.1 Å². The molecule has 1 N–H and O–H groups in total. The molecular weight excluding hydrogens is 448 g/mol. The van der Waals surface area contributed by atoms with Gasteiger partial charge in [0.05, 0.1) is 5.70 Å². The van der Waals surface area contributed by atoms with E-state index in [2.05, 4.69) is 25.1 Å². The van der Waals surface area contributed by atoms with Crippen molar-refractivity contribution in [1.29, 1.82) is 0 Å². The summed E-state index contributed by atoms with van der Waals surface area (Å²) in [5.41, 5.74) is 0.285. The summed E-state index contributed by atoms with van der Waals surface area (Å²) in [5, 5.41) is 2.29. The monoisotopic (exact) mass is 472 g/mol. The fourth-order valence-corrected chi connectivity index (χ4v) is 3.41. The number of fused-ring (bicyclic) bond motifs is 1. The average molecular weight is 472 g/mol. The minimum Gasteiger partial charge on any atom is -0.487 e. The van der Waals surface area contributed by atoms with E-state index in [0.717, 1.165) is 11.0 Å². The summed E-state index contributed by atoms with van der Waals surface area (Å²) in [6.07, 6.45) is 5.50. The molecule has 2 amide bonds. The molecule has 0 spiro atoms. The number of allylic oxidation sites excluding steroid dienone is 2. The molecule has 0 saturated carbocycles. The Hall–Kier alpha value is -4.72. The lowest BCUT2D eigenvalue weighted by molar-refractivity contribution is -0.137. The van der Waals surface area contributed by atoms with Crippen LogP contribution in [0, 0.1) is 0 Å². The number of para-hydroxylation sites is 1. The van der Waals surface area contributed by atoms with E-state index < -0.39 is 23.4 Å². The Kier molecular flexibility index (Phi) is 8.13.